The molecular weight excluding hydrogens is 296 g/mol. The smallest absolute Gasteiger partial charge is 0.225 e. The van der Waals surface area contributed by atoms with E-state index in [0.717, 1.165) is 25.3 Å². The van der Waals surface area contributed by atoms with Crippen LogP contribution in [0.1, 0.15) is 36.8 Å². The molecule has 0 unspecified atom stereocenters. The average Bonchev–Trinajstić information content (AvgIpc) is 3.07. The first-order valence-electron chi connectivity index (χ1n) is 9.24. The highest BCUT2D eigenvalue weighted by atomic mass is 15.3. The molecule has 4 rings (SSSR count). The third kappa shape index (κ3) is 3.44. The van der Waals surface area contributed by atoms with Crippen LogP contribution in [0, 0.1) is 0 Å². The Balaban J connectivity index is 1.49. The molecular formula is C20H26N4. The van der Waals surface area contributed by atoms with Crippen LogP contribution in [0.3, 0.4) is 0 Å². The molecule has 126 valence electrons. The number of aromatic nitrogens is 2. The fraction of sp³-hybridized carbons (Fsp3) is 0.500. The van der Waals surface area contributed by atoms with Crippen molar-refractivity contribution in [2.45, 2.75) is 50.6 Å². The summed E-state index contributed by atoms with van der Waals surface area (Å²) >= 11 is 0. The van der Waals surface area contributed by atoms with Gasteiger partial charge in [-0.25, -0.2) is 9.97 Å². The summed E-state index contributed by atoms with van der Waals surface area (Å²) in [7, 11) is 0. The van der Waals surface area contributed by atoms with Crippen LogP contribution in [0.25, 0.3) is 0 Å². The topological polar surface area (TPSA) is 41.1 Å². The lowest BCUT2D eigenvalue weighted by Gasteiger charge is -2.32. The maximum Gasteiger partial charge on any atom is 0.225 e. The van der Waals surface area contributed by atoms with E-state index >= 15 is 0 Å². The molecule has 1 fully saturated rings. The number of nitrogens with one attached hydrogen (secondary N) is 1. The monoisotopic (exact) mass is 322 g/mol. The van der Waals surface area contributed by atoms with Gasteiger partial charge in [0.1, 0.15) is 0 Å². The molecule has 2 aliphatic rings. The Morgan fingerprint density at radius 3 is 2.42 bits per heavy atom. The molecule has 1 aromatic carbocycles. The van der Waals surface area contributed by atoms with Crippen molar-refractivity contribution < 1.29 is 0 Å². The summed E-state index contributed by atoms with van der Waals surface area (Å²) in [5.74, 6) is 0.881. The van der Waals surface area contributed by atoms with Crippen molar-refractivity contribution in [1.82, 2.24) is 15.3 Å². The summed E-state index contributed by atoms with van der Waals surface area (Å²) in [6.07, 6.45) is 11.1. The van der Waals surface area contributed by atoms with E-state index in [9.17, 15) is 0 Å². The van der Waals surface area contributed by atoms with Gasteiger partial charge in [-0.3, -0.25) is 0 Å². The zero-order valence-electron chi connectivity index (χ0n) is 14.2. The maximum absolute atomic E-state index is 4.54. The zero-order valence-corrected chi connectivity index (χ0v) is 14.2. The standard InChI is InChI=1S/C20H26N4/c1-2-7-17-15-19(14-16(17)6-1)24(20-22-11-5-12-23-20)13-9-18-8-3-4-10-21-18/h1-2,5-7,11-12,18-19,21H,3-4,8-10,13-15H2/t18-/m1/s1. The summed E-state index contributed by atoms with van der Waals surface area (Å²) in [6, 6.07) is 11.9. The maximum atomic E-state index is 4.54. The van der Waals surface area contributed by atoms with Gasteiger partial charge in [0.25, 0.3) is 0 Å². The van der Waals surface area contributed by atoms with Crippen LogP contribution in [-0.2, 0) is 12.8 Å². The molecule has 1 aromatic heterocycles. The highest BCUT2D eigenvalue weighted by molar-refractivity contribution is 5.40. The van der Waals surface area contributed by atoms with Crippen molar-refractivity contribution >= 4 is 5.95 Å². The van der Waals surface area contributed by atoms with Crippen molar-refractivity contribution in [3.05, 3.63) is 53.9 Å². The number of nitrogens with zero attached hydrogens (tertiary/aromatic N) is 3. The summed E-state index contributed by atoms with van der Waals surface area (Å²) in [4.78, 5) is 11.5. The Morgan fingerprint density at radius 2 is 1.75 bits per heavy atom. The molecule has 1 N–H and O–H groups in total. The lowest BCUT2D eigenvalue weighted by Crippen LogP contribution is -2.42. The van der Waals surface area contributed by atoms with Gasteiger partial charge in [0.05, 0.1) is 0 Å². The summed E-state index contributed by atoms with van der Waals surface area (Å²) in [5, 5.41) is 3.67. The van der Waals surface area contributed by atoms with E-state index in [2.05, 4.69) is 44.5 Å². The highest BCUT2D eigenvalue weighted by Gasteiger charge is 2.28. The van der Waals surface area contributed by atoms with E-state index in [0.29, 0.717) is 12.1 Å². The van der Waals surface area contributed by atoms with Gasteiger partial charge in [-0.1, -0.05) is 30.7 Å². The summed E-state index contributed by atoms with van der Waals surface area (Å²) in [6.45, 7) is 2.20. The minimum atomic E-state index is 0.480. The van der Waals surface area contributed by atoms with Crippen LogP contribution < -0.4 is 10.2 Å². The fourth-order valence-electron chi connectivity index (χ4n) is 4.11. The van der Waals surface area contributed by atoms with Gasteiger partial charge in [0.15, 0.2) is 0 Å². The number of anilines is 1. The lowest BCUT2D eigenvalue weighted by molar-refractivity contribution is 0.378. The molecule has 24 heavy (non-hydrogen) atoms. The Labute approximate surface area is 144 Å². The Hall–Kier alpha value is -1.94. The third-order valence-corrected chi connectivity index (χ3v) is 5.41. The van der Waals surface area contributed by atoms with Gasteiger partial charge < -0.3 is 10.2 Å². The van der Waals surface area contributed by atoms with E-state index in [1.807, 2.05) is 18.5 Å². The first kappa shape index (κ1) is 15.6. The van der Waals surface area contributed by atoms with E-state index in [-0.39, 0.29) is 0 Å². The predicted molar refractivity (Wildman–Crippen MR) is 97.3 cm³/mol. The highest BCUT2D eigenvalue weighted by Crippen LogP contribution is 2.27. The zero-order chi connectivity index (χ0) is 16.2. The lowest BCUT2D eigenvalue weighted by atomic mass is 10.0. The largest absolute Gasteiger partial charge is 0.337 e. The number of benzene rings is 1. The molecule has 4 nitrogen and oxygen atoms in total. The third-order valence-electron chi connectivity index (χ3n) is 5.41. The first-order valence-corrected chi connectivity index (χ1v) is 9.24. The van der Waals surface area contributed by atoms with Crippen molar-refractivity contribution in [1.29, 1.82) is 0 Å². The van der Waals surface area contributed by atoms with Crippen molar-refractivity contribution in [2.75, 3.05) is 18.0 Å². The van der Waals surface area contributed by atoms with Crippen LogP contribution in [0.15, 0.2) is 42.7 Å². The molecule has 0 spiro atoms. The summed E-state index contributed by atoms with van der Waals surface area (Å²) < 4.78 is 0. The molecule has 0 saturated carbocycles. The fourth-order valence-corrected chi connectivity index (χ4v) is 4.11. The quantitative estimate of drug-likeness (QED) is 0.919. The van der Waals surface area contributed by atoms with Crippen LogP contribution >= 0.6 is 0 Å². The molecule has 0 radical (unpaired) electrons. The molecule has 1 saturated heterocycles. The minimum absolute atomic E-state index is 0.480. The Morgan fingerprint density at radius 1 is 1.00 bits per heavy atom. The van der Waals surface area contributed by atoms with Crippen molar-refractivity contribution in [3.63, 3.8) is 0 Å². The second kappa shape index (κ2) is 7.31. The number of fused-ring (bicyclic) bond motifs is 1. The van der Waals surface area contributed by atoms with E-state index in [1.165, 1.54) is 43.4 Å². The van der Waals surface area contributed by atoms with Crippen molar-refractivity contribution in [3.8, 4) is 0 Å². The average molecular weight is 322 g/mol. The van der Waals surface area contributed by atoms with Gasteiger partial charge in [-0.05, 0) is 55.8 Å². The molecule has 1 aliphatic heterocycles. The molecule has 2 aromatic rings. The molecule has 0 amide bonds. The van der Waals surface area contributed by atoms with Crippen LogP contribution in [0.4, 0.5) is 5.95 Å². The molecule has 4 heteroatoms. The van der Waals surface area contributed by atoms with Gasteiger partial charge in [-0.15, -0.1) is 0 Å². The van der Waals surface area contributed by atoms with Crippen molar-refractivity contribution in [2.24, 2.45) is 0 Å². The normalized spacial score (nSPS) is 20.8. The second-order valence-corrected chi connectivity index (χ2v) is 7.01. The number of hydrogen-bond donors (Lipinski definition) is 1. The molecule has 2 heterocycles. The van der Waals surface area contributed by atoms with Gasteiger partial charge in [-0.2, -0.15) is 0 Å². The van der Waals surface area contributed by atoms with Gasteiger partial charge >= 0.3 is 0 Å². The van der Waals surface area contributed by atoms with Gasteiger partial charge in [0.2, 0.25) is 5.95 Å². The number of rotatable bonds is 5. The minimum Gasteiger partial charge on any atom is -0.337 e. The molecule has 1 aliphatic carbocycles. The SMILES string of the molecule is c1cnc(N(CC[C@H]2CCCCN2)C2Cc3ccccc3C2)nc1. The predicted octanol–water partition coefficient (Wildman–Crippen LogP) is 2.98. The van der Waals surface area contributed by atoms with E-state index in [1.54, 1.807) is 0 Å². The van der Waals surface area contributed by atoms with Gasteiger partial charge in [0, 0.05) is 31.0 Å². The first-order chi connectivity index (χ1) is 11.9. The van der Waals surface area contributed by atoms with Crippen LogP contribution in [0.5, 0.6) is 0 Å². The number of hydrogen-bond acceptors (Lipinski definition) is 4. The van der Waals surface area contributed by atoms with Crippen LogP contribution in [-0.4, -0.2) is 35.1 Å². The van der Waals surface area contributed by atoms with E-state index in [4.69, 9.17) is 0 Å². The number of piperidine rings is 1. The Kier molecular flexibility index (Phi) is 4.74. The molecule has 1 atom stereocenters. The summed E-state index contributed by atoms with van der Waals surface area (Å²) in [5.41, 5.74) is 2.97. The molecule has 0 bridgehead atoms. The van der Waals surface area contributed by atoms with E-state index < -0.39 is 0 Å². The van der Waals surface area contributed by atoms with Crippen LogP contribution in [0.2, 0.25) is 0 Å². The second-order valence-electron chi connectivity index (χ2n) is 7.01. The Bertz CT molecular complexity index is 627.